The normalized spacial score (nSPS) is 13.2. The van der Waals surface area contributed by atoms with Gasteiger partial charge in [-0.1, -0.05) is 36.8 Å². The van der Waals surface area contributed by atoms with Gasteiger partial charge in [0.05, 0.1) is 13.2 Å². The van der Waals surface area contributed by atoms with Crippen molar-refractivity contribution >= 4 is 17.7 Å². The Kier molecular flexibility index (Phi) is 7.87. The van der Waals surface area contributed by atoms with E-state index in [2.05, 4.69) is 32.4 Å². The Morgan fingerprint density at radius 3 is 2.68 bits per heavy atom. The van der Waals surface area contributed by atoms with Crippen LogP contribution in [0.3, 0.4) is 0 Å². The van der Waals surface area contributed by atoms with Gasteiger partial charge in [0, 0.05) is 24.4 Å². The molecule has 9 nitrogen and oxygen atoms in total. The Labute approximate surface area is 198 Å². The summed E-state index contributed by atoms with van der Waals surface area (Å²) in [7, 11) is 0. The van der Waals surface area contributed by atoms with Gasteiger partial charge in [0.25, 0.3) is 0 Å². The van der Waals surface area contributed by atoms with Gasteiger partial charge in [0.2, 0.25) is 0 Å². The van der Waals surface area contributed by atoms with E-state index in [0.29, 0.717) is 44.1 Å². The first-order valence-electron chi connectivity index (χ1n) is 11.5. The van der Waals surface area contributed by atoms with Crippen LogP contribution in [0.5, 0.6) is 5.75 Å². The molecule has 0 radical (unpaired) electrons. The van der Waals surface area contributed by atoms with Crippen molar-refractivity contribution in [2.45, 2.75) is 32.7 Å². The molecule has 0 saturated heterocycles. The van der Waals surface area contributed by atoms with Crippen LogP contribution in [0, 0.1) is 0 Å². The molecule has 2 aromatic carbocycles. The Morgan fingerprint density at radius 2 is 1.94 bits per heavy atom. The molecule has 0 amide bonds. The number of tetrazole rings is 1. The predicted molar refractivity (Wildman–Crippen MR) is 129 cm³/mol. The van der Waals surface area contributed by atoms with Gasteiger partial charge in [-0.15, -0.1) is 10.2 Å². The largest absolute Gasteiger partial charge is 0.491 e. The van der Waals surface area contributed by atoms with Gasteiger partial charge >= 0.3 is 5.97 Å². The minimum Gasteiger partial charge on any atom is -0.491 e. The highest BCUT2D eigenvalue weighted by Crippen LogP contribution is 2.33. The number of unbranched alkanes of at least 4 members (excludes halogenated alkanes) is 1. The van der Waals surface area contributed by atoms with E-state index in [0.717, 1.165) is 47.6 Å². The van der Waals surface area contributed by atoms with E-state index in [1.807, 2.05) is 42.5 Å². The summed E-state index contributed by atoms with van der Waals surface area (Å²) < 4.78 is 11.3. The van der Waals surface area contributed by atoms with Crippen LogP contribution < -0.4 is 9.64 Å². The lowest BCUT2D eigenvalue weighted by molar-refractivity contribution is -0.132. The lowest BCUT2D eigenvalue weighted by Crippen LogP contribution is -2.25. The summed E-state index contributed by atoms with van der Waals surface area (Å²) >= 11 is 0. The number of aliphatic carboxylic acids is 1. The smallest absolute Gasteiger partial charge is 0.331 e. The second kappa shape index (κ2) is 11.4. The van der Waals surface area contributed by atoms with Crippen molar-refractivity contribution in [3.63, 3.8) is 0 Å². The van der Waals surface area contributed by atoms with E-state index in [1.54, 1.807) is 6.08 Å². The number of nitrogens with zero attached hydrogens (tertiary/aromatic N) is 4. The highest BCUT2D eigenvalue weighted by Gasteiger charge is 2.21. The molecule has 0 spiro atoms. The second-order valence-corrected chi connectivity index (χ2v) is 8.09. The van der Waals surface area contributed by atoms with Gasteiger partial charge in [0.15, 0.2) is 5.82 Å². The molecule has 0 aliphatic carbocycles. The summed E-state index contributed by atoms with van der Waals surface area (Å²) in [6.45, 7) is 4.98. The van der Waals surface area contributed by atoms with Crippen molar-refractivity contribution in [2.24, 2.45) is 0 Å². The number of hydrogen-bond donors (Lipinski definition) is 2. The number of ether oxygens (including phenoxy) is 2. The Balaban J connectivity index is 1.50. The molecular weight excluding hydrogens is 434 g/mol. The van der Waals surface area contributed by atoms with Crippen LogP contribution in [-0.2, 0) is 16.1 Å². The molecule has 2 N–H and O–H groups in total. The maximum absolute atomic E-state index is 11.7. The Hall–Kier alpha value is -3.72. The number of anilines is 1. The number of carboxylic acid groups (broad SMARTS) is 1. The van der Waals surface area contributed by atoms with Crippen LogP contribution in [-0.4, -0.2) is 58.1 Å². The number of aromatic amines is 1. The summed E-state index contributed by atoms with van der Waals surface area (Å²) in [5.74, 6) is 0.440. The SMILES string of the molecule is CCCCOCCOc1ccc(-c2ccc3c(c2)C=C(C(=O)O)CCN3Cc2nn[nH]n2)cc1. The molecule has 1 aliphatic heterocycles. The molecule has 178 valence electrons. The highest BCUT2D eigenvalue weighted by atomic mass is 16.5. The standard InChI is InChI=1S/C25H29N5O4/c1-2-3-12-33-13-14-34-22-7-4-18(5-8-22)19-6-9-23-21(15-19)16-20(25(31)32)10-11-30(23)17-24-26-28-29-27-24/h4-9,15-16H,2-3,10-14,17H2,1H3,(H,31,32)(H,26,27,28,29). The Bertz CT molecular complexity index is 1110. The van der Waals surface area contributed by atoms with Crippen molar-refractivity contribution < 1.29 is 19.4 Å². The number of rotatable bonds is 11. The maximum Gasteiger partial charge on any atom is 0.331 e. The van der Waals surface area contributed by atoms with Crippen molar-refractivity contribution in [1.82, 2.24) is 20.6 Å². The van der Waals surface area contributed by atoms with Crippen LogP contribution in [0.15, 0.2) is 48.0 Å². The quantitative estimate of drug-likeness (QED) is 0.411. The van der Waals surface area contributed by atoms with Crippen LogP contribution in [0.1, 0.15) is 37.6 Å². The first-order valence-corrected chi connectivity index (χ1v) is 11.5. The van der Waals surface area contributed by atoms with Crippen molar-refractivity contribution in [3.05, 3.63) is 59.4 Å². The number of benzene rings is 2. The molecule has 0 unspecified atom stereocenters. The van der Waals surface area contributed by atoms with Gasteiger partial charge in [-0.2, -0.15) is 5.21 Å². The van der Waals surface area contributed by atoms with Crippen molar-refractivity contribution in [2.75, 3.05) is 31.3 Å². The fraction of sp³-hybridized carbons (Fsp3) is 0.360. The molecule has 0 fully saturated rings. The molecule has 0 atom stereocenters. The van der Waals surface area contributed by atoms with Crippen molar-refractivity contribution in [1.29, 1.82) is 0 Å². The monoisotopic (exact) mass is 463 g/mol. The average Bonchev–Trinajstić information content (AvgIpc) is 3.29. The summed E-state index contributed by atoms with van der Waals surface area (Å²) in [6, 6.07) is 14.0. The summed E-state index contributed by atoms with van der Waals surface area (Å²) in [6.07, 6.45) is 4.36. The molecule has 0 bridgehead atoms. The maximum atomic E-state index is 11.7. The molecule has 1 aliphatic rings. The topological polar surface area (TPSA) is 113 Å². The predicted octanol–water partition coefficient (Wildman–Crippen LogP) is 3.94. The van der Waals surface area contributed by atoms with E-state index >= 15 is 0 Å². The van der Waals surface area contributed by atoms with Crippen molar-refractivity contribution in [3.8, 4) is 16.9 Å². The van der Waals surface area contributed by atoms with E-state index in [4.69, 9.17) is 9.47 Å². The third-order valence-corrected chi connectivity index (χ3v) is 5.67. The molecule has 1 aromatic heterocycles. The zero-order valence-corrected chi connectivity index (χ0v) is 19.2. The molecule has 34 heavy (non-hydrogen) atoms. The van der Waals surface area contributed by atoms with Crippen LogP contribution >= 0.6 is 0 Å². The van der Waals surface area contributed by atoms with Gasteiger partial charge in [-0.3, -0.25) is 0 Å². The van der Waals surface area contributed by atoms with Crippen LogP contribution in [0.4, 0.5) is 5.69 Å². The first-order chi connectivity index (χ1) is 16.6. The summed E-state index contributed by atoms with van der Waals surface area (Å²) in [5.41, 5.74) is 4.18. The summed E-state index contributed by atoms with van der Waals surface area (Å²) in [5, 5.41) is 23.8. The number of H-pyrrole nitrogens is 1. The number of carbonyl (C=O) groups is 1. The van der Waals surface area contributed by atoms with Crippen LogP contribution in [0.25, 0.3) is 17.2 Å². The summed E-state index contributed by atoms with van der Waals surface area (Å²) in [4.78, 5) is 13.8. The lowest BCUT2D eigenvalue weighted by Gasteiger charge is -2.23. The number of nitrogens with one attached hydrogen (secondary N) is 1. The zero-order chi connectivity index (χ0) is 23.8. The molecular formula is C25H29N5O4. The van der Waals surface area contributed by atoms with Crippen LogP contribution in [0.2, 0.25) is 0 Å². The van der Waals surface area contributed by atoms with Gasteiger partial charge < -0.3 is 19.5 Å². The fourth-order valence-corrected chi connectivity index (χ4v) is 3.84. The third-order valence-electron chi connectivity index (χ3n) is 5.67. The number of hydrogen-bond acceptors (Lipinski definition) is 7. The highest BCUT2D eigenvalue weighted by molar-refractivity contribution is 5.94. The Morgan fingerprint density at radius 1 is 1.12 bits per heavy atom. The van der Waals surface area contributed by atoms with E-state index in [9.17, 15) is 9.90 Å². The fourth-order valence-electron chi connectivity index (χ4n) is 3.84. The van der Waals surface area contributed by atoms with E-state index in [1.165, 1.54) is 0 Å². The molecule has 4 rings (SSSR count). The molecule has 9 heteroatoms. The van der Waals surface area contributed by atoms with Gasteiger partial charge in [-0.25, -0.2) is 4.79 Å². The van der Waals surface area contributed by atoms with E-state index in [-0.39, 0.29) is 0 Å². The minimum atomic E-state index is -0.905. The number of aromatic nitrogens is 4. The molecule has 2 heterocycles. The molecule has 0 saturated carbocycles. The van der Waals surface area contributed by atoms with Gasteiger partial charge in [0.1, 0.15) is 12.4 Å². The second-order valence-electron chi connectivity index (χ2n) is 8.09. The minimum absolute atomic E-state index is 0.374. The van der Waals surface area contributed by atoms with E-state index < -0.39 is 5.97 Å². The lowest BCUT2D eigenvalue weighted by atomic mass is 10.00. The molecule has 3 aromatic rings. The first kappa shape index (κ1) is 23.4. The average molecular weight is 464 g/mol. The number of carboxylic acids is 1. The number of fused-ring (bicyclic) bond motifs is 1. The van der Waals surface area contributed by atoms with Gasteiger partial charge in [-0.05, 0) is 59.9 Å². The third kappa shape index (κ3) is 5.99. The zero-order valence-electron chi connectivity index (χ0n) is 19.2.